The van der Waals surface area contributed by atoms with Gasteiger partial charge in [-0.1, -0.05) is 0 Å². The molecule has 1 fully saturated rings. The van der Waals surface area contributed by atoms with Crippen molar-refractivity contribution in [2.75, 3.05) is 18.9 Å². The number of carbonyl (C=O) groups is 2. The minimum Gasteiger partial charge on any atom is -0.372 e. The summed E-state index contributed by atoms with van der Waals surface area (Å²) in [4.78, 5) is 26.8. The average Bonchev–Trinajstić information content (AvgIpc) is 2.42. The highest BCUT2D eigenvalue weighted by Gasteiger charge is 2.39. The molecule has 1 aromatic rings. The van der Waals surface area contributed by atoms with E-state index in [-0.39, 0.29) is 10.7 Å². The molecule has 2 amide bonds. The zero-order valence-corrected chi connectivity index (χ0v) is 11.8. The van der Waals surface area contributed by atoms with Crippen LogP contribution in [0.2, 0.25) is 0 Å². The third-order valence-electron chi connectivity index (χ3n) is 2.97. The number of nitrogens with one attached hydrogen (secondary N) is 2. The topological polar surface area (TPSA) is 108 Å². The van der Waals surface area contributed by atoms with Gasteiger partial charge in [-0.3, -0.25) is 14.9 Å². The van der Waals surface area contributed by atoms with E-state index in [4.69, 9.17) is 0 Å². The van der Waals surface area contributed by atoms with Crippen molar-refractivity contribution in [2.45, 2.75) is 17.9 Å². The zero-order chi connectivity index (χ0) is 14.9. The predicted molar refractivity (Wildman–Crippen MR) is 70.3 cm³/mol. The van der Waals surface area contributed by atoms with Crippen molar-refractivity contribution in [1.82, 2.24) is 14.6 Å². The van der Waals surface area contributed by atoms with Crippen LogP contribution < -0.4 is 10.6 Å². The molecular weight excluding hydrogens is 284 g/mol. The summed E-state index contributed by atoms with van der Waals surface area (Å²) in [6.07, 6.45) is 1.45. The van der Waals surface area contributed by atoms with Crippen molar-refractivity contribution >= 4 is 27.7 Å². The van der Waals surface area contributed by atoms with Gasteiger partial charge in [-0.05, 0) is 19.1 Å². The molecule has 1 aromatic heterocycles. The van der Waals surface area contributed by atoms with Crippen molar-refractivity contribution in [3.05, 3.63) is 18.3 Å². The lowest BCUT2D eigenvalue weighted by Crippen LogP contribution is -2.58. The number of sulfonamides is 1. The Morgan fingerprint density at radius 3 is 2.80 bits per heavy atom. The fourth-order valence-corrected chi connectivity index (χ4v) is 3.60. The van der Waals surface area contributed by atoms with Gasteiger partial charge in [-0.25, -0.2) is 13.4 Å². The lowest BCUT2D eigenvalue weighted by Gasteiger charge is -2.30. The summed E-state index contributed by atoms with van der Waals surface area (Å²) < 4.78 is 26.0. The molecule has 1 aliphatic rings. The number of aromatic nitrogens is 1. The van der Waals surface area contributed by atoms with Gasteiger partial charge in [-0.15, -0.1) is 0 Å². The highest BCUT2D eigenvalue weighted by molar-refractivity contribution is 7.89. The minimum atomic E-state index is -3.99. The molecule has 0 radical (unpaired) electrons. The maximum absolute atomic E-state index is 12.6. The first-order valence-corrected chi connectivity index (χ1v) is 7.30. The molecule has 1 atom stereocenters. The maximum atomic E-state index is 12.6. The molecule has 0 bridgehead atoms. The fraction of sp³-hybridized carbons (Fsp3) is 0.364. The fourth-order valence-electron chi connectivity index (χ4n) is 1.90. The Hall–Kier alpha value is -2.00. The van der Waals surface area contributed by atoms with Crippen LogP contribution in [0.25, 0.3) is 0 Å². The first kappa shape index (κ1) is 14.4. The molecule has 1 unspecified atom stereocenters. The normalized spacial score (nSPS) is 20.6. The van der Waals surface area contributed by atoms with Crippen molar-refractivity contribution in [3.63, 3.8) is 0 Å². The molecule has 2 heterocycles. The van der Waals surface area contributed by atoms with Crippen LogP contribution >= 0.6 is 0 Å². The van der Waals surface area contributed by atoms with Gasteiger partial charge in [-0.2, -0.15) is 4.31 Å². The summed E-state index contributed by atoms with van der Waals surface area (Å²) in [6, 6.07) is 1.89. The van der Waals surface area contributed by atoms with Gasteiger partial charge in [0.2, 0.25) is 21.8 Å². The summed E-state index contributed by atoms with van der Waals surface area (Å²) in [5.41, 5.74) is 0. The zero-order valence-electron chi connectivity index (χ0n) is 11.0. The van der Waals surface area contributed by atoms with Crippen LogP contribution in [0.1, 0.15) is 6.92 Å². The van der Waals surface area contributed by atoms with E-state index in [0.717, 1.165) is 4.31 Å². The average molecular weight is 298 g/mol. The summed E-state index contributed by atoms with van der Waals surface area (Å²) in [5.74, 6) is -1.12. The summed E-state index contributed by atoms with van der Waals surface area (Å²) >= 11 is 0. The SMILES string of the molecule is CNc1ncccc1S(=O)(=O)N1CC(=O)NC(=O)C1C. The molecule has 0 spiro atoms. The molecule has 108 valence electrons. The van der Waals surface area contributed by atoms with Crippen LogP contribution in [0.5, 0.6) is 0 Å². The highest BCUT2D eigenvalue weighted by Crippen LogP contribution is 2.24. The predicted octanol–water partition coefficient (Wildman–Crippen LogP) is -0.841. The van der Waals surface area contributed by atoms with Gasteiger partial charge >= 0.3 is 0 Å². The first-order valence-electron chi connectivity index (χ1n) is 5.86. The van der Waals surface area contributed by atoms with Crippen molar-refractivity contribution < 1.29 is 18.0 Å². The molecule has 2 rings (SSSR count). The number of nitrogens with zero attached hydrogens (tertiary/aromatic N) is 2. The molecule has 2 N–H and O–H groups in total. The van der Waals surface area contributed by atoms with Crippen LogP contribution in [0, 0.1) is 0 Å². The van der Waals surface area contributed by atoms with Gasteiger partial charge in [0, 0.05) is 13.2 Å². The van der Waals surface area contributed by atoms with E-state index in [0.29, 0.717) is 0 Å². The lowest BCUT2D eigenvalue weighted by molar-refractivity contribution is -0.136. The van der Waals surface area contributed by atoms with Gasteiger partial charge in [0.1, 0.15) is 16.8 Å². The summed E-state index contributed by atoms with van der Waals surface area (Å²) in [6.45, 7) is 1.03. The van der Waals surface area contributed by atoms with Crippen molar-refractivity contribution in [2.24, 2.45) is 0 Å². The van der Waals surface area contributed by atoms with Crippen LogP contribution in [0.4, 0.5) is 5.82 Å². The Morgan fingerprint density at radius 1 is 1.45 bits per heavy atom. The molecule has 9 heteroatoms. The first-order chi connectivity index (χ1) is 9.37. The monoisotopic (exact) mass is 298 g/mol. The molecule has 1 saturated heterocycles. The minimum absolute atomic E-state index is 0.0724. The van der Waals surface area contributed by atoms with Gasteiger partial charge in [0.05, 0.1) is 6.54 Å². The number of piperazine rings is 1. The number of imide groups is 1. The van der Waals surface area contributed by atoms with E-state index >= 15 is 0 Å². The lowest BCUT2D eigenvalue weighted by atomic mass is 10.2. The second-order valence-electron chi connectivity index (χ2n) is 4.24. The van der Waals surface area contributed by atoms with Crippen molar-refractivity contribution in [1.29, 1.82) is 0 Å². The van der Waals surface area contributed by atoms with E-state index < -0.39 is 34.4 Å². The van der Waals surface area contributed by atoms with Crippen LogP contribution in [-0.2, 0) is 19.6 Å². The van der Waals surface area contributed by atoms with E-state index in [1.54, 1.807) is 7.05 Å². The van der Waals surface area contributed by atoms with Crippen molar-refractivity contribution in [3.8, 4) is 0 Å². The third-order valence-corrected chi connectivity index (χ3v) is 4.92. The van der Waals surface area contributed by atoms with E-state index in [1.165, 1.54) is 25.3 Å². The van der Waals surface area contributed by atoms with Crippen LogP contribution in [0.15, 0.2) is 23.2 Å². The standard InChI is InChI=1S/C11H14N4O4S/c1-7-11(17)14-9(16)6-15(7)20(18,19)8-4-3-5-13-10(8)12-2/h3-5,7H,6H2,1-2H3,(H,12,13)(H,14,16,17). The van der Waals surface area contributed by atoms with E-state index in [2.05, 4.69) is 15.6 Å². The van der Waals surface area contributed by atoms with E-state index in [1.807, 2.05) is 0 Å². The Labute approximate surface area is 116 Å². The number of hydrogen-bond acceptors (Lipinski definition) is 6. The smallest absolute Gasteiger partial charge is 0.247 e. The maximum Gasteiger partial charge on any atom is 0.247 e. The molecule has 0 aromatic carbocycles. The molecule has 0 aliphatic carbocycles. The molecule has 1 aliphatic heterocycles. The summed E-state index contributed by atoms with van der Waals surface area (Å²) in [5, 5.41) is 4.77. The number of anilines is 1. The number of amides is 2. The number of hydrogen-bond donors (Lipinski definition) is 2. The second-order valence-corrected chi connectivity index (χ2v) is 6.10. The second kappa shape index (κ2) is 5.17. The number of rotatable bonds is 3. The number of carbonyl (C=O) groups excluding carboxylic acids is 2. The molecule has 0 saturated carbocycles. The van der Waals surface area contributed by atoms with Gasteiger partial charge < -0.3 is 5.32 Å². The summed E-state index contributed by atoms with van der Waals surface area (Å²) in [7, 11) is -2.45. The van der Waals surface area contributed by atoms with Crippen LogP contribution in [-0.4, -0.2) is 49.2 Å². The molecule has 8 nitrogen and oxygen atoms in total. The Bertz CT molecular complexity index is 658. The Kier molecular flexibility index (Phi) is 3.73. The van der Waals surface area contributed by atoms with E-state index in [9.17, 15) is 18.0 Å². The Balaban J connectivity index is 2.49. The molecule has 20 heavy (non-hydrogen) atoms. The van der Waals surface area contributed by atoms with Crippen LogP contribution in [0.3, 0.4) is 0 Å². The molecular formula is C11H14N4O4S. The largest absolute Gasteiger partial charge is 0.372 e. The van der Waals surface area contributed by atoms with Gasteiger partial charge in [0.15, 0.2) is 0 Å². The third kappa shape index (κ3) is 2.37. The Morgan fingerprint density at radius 2 is 2.15 bits per heavy atom. The van der Waals surface area contributed by atoms with Gasteiger partial charge in [0.25, 0.3) is 0 Å². The quantitative estimate of drug-likeness (QED) is 0.704. The number of pyridine rings is 1. The highest BCUT2D eigenvalue weighted by atomic mass is 32.2.